The number of fused-ring (bicyclic) bond motifs is 1. The summed E-state index contributed by atoms with van der Waals surface area (Å²) in [6, 6.07) is 13.2. The molecule has 144 valence electrons. The van der Waals surface area contributed by atoms with E-state index in [1.54, 1.807) is 19.2 Å². The SMILES string of the molecule is COc1ccccc1C1CNCCN1C(=O)c1ccc2c(c1)OCCO2.Cl. The average Bonchev–Trinajstić information content (AvgIpc) is 2.73. The number of para-hydroxylation sites is 1. The molecule has 27 heavy (non-hydrogen) atoms. The molecule has 1 fully saturated rings. The first kappa shape index (κ1) is 19.3. The molecule has 6 nitrogen and oxygen atoms in total. The van der Waals surface area contributed by atoms with Crippen LogP contribution >= 0.6 is 12.4 Å². The molecule has 0 radical (unpaired) electrons. The second-order valence-corrected chi connectivity index (χ2v) is 6.32. The molecular weight excluding hydrogens is 368 g/mol. The smallest absolute Gasteiger partial charge is 0.254 e. The van der Waals surface area contributed by atoms with E-state index in [4.69, 9.17) is 14.2 Å². The summed E-state index contributed by atoms with van der Waals surface area (Å²) in [5.74, 6) is 2.10. The van der Waals surface area contributed by atoms with Crippen LogP contribution in [0.3, 0.4) is 0 Å². The maximum atomic E-state index is 13.2. The van der Waals surface area contributed by atoms with Crippen molar-refractivity contribution in [2.75, 3.05) is 40.0 Å². The number of ether oxygens (including phenoxy) is 3. The molecule has 7 heteroatoms. The largest absolute Gasteiger partial charge is 0.496 e. The molecule has 0 aliphatic carbocycles. The number of methoxy groups -OCH3 is 1. The minimum Gasteiger partial charge on any atom is -0.496 e. The van der Waals surface area contributed by atoms with Gasteiger partial charge in [-0.15, -0.1) is 12.4 Å². The normalized spacial score (nSPS) is 18.4. The summed E-state index contributed by atoms with van der Waals surface area (Å²) in [5.41, 5.74) is 1.61. The highest BCUT2D eigenvalue weighted by molar-refractivity contribution is 5.95. The lowest BCUT2D eigenvalue weighted by molar-refractivity contribution is 0.0630. The van der Waals surface area contributed by atoms with Crippen molar-refractivity contribution in [3.05, 3.63) is 53.6 Å². The number of nitrogens with zero attached hydrogens (tertiary/aromatic N) is 1. The Morgan fingerprint density at radius 3 is 2.74 bits per heavy atom. The maximum Gasteiger partial charge on any atom is 0.254 e. The van der Waals surface area contributed by atoms with Gasteiger partial charge in [-0.1, -0.05) is 18.2 Å². The van der Waals surface area contributed by atoms with Gasteiger partial charge in [0.1, 0.15) is 19.0 Å². The number of nitrogens with one attached hydrogen (secondary N) is 1. The van der Waals surface area contributed by atoms with Crippen molar-refractivity contribution in [2.24, 2.45) is 0 Å². The Morgan fingerprint density at radius 2 is 1.93 bits per heavy atom. The lowest BCUT2D eigenvalue weighted by Gasteiger charge is -2.37. The van der Waals surface area contributed by atoms with E-state index < -0.39 is 0 Å². The van der Waals surface area contributed by atoms with Gasteiger partial charge in [-0.25, -0.2) is 0 Å². The van der Waals surface area contributed by atoms with Crippen LogP contribution < -0.4 is 19.5 Å². The van der Waals surface area contributed by atoms with Crippen LogP contribution in [0.5, 0.6) is 17.2 Å². The van der Waals surface area contributed by atoms with E-state index in [0.717, 1.165) is 17.9 Å². The topological polar surface area (TPSA) is 60.0 Å². The van der Waals surface area contributed by atoms with Gasteiger partial charge in [0.25, 0.3) is 5.91 Å². The number of piperazine rings is 1. The van der Waals surface area contributed by atoms with E-state index in [2.05, 4.69) is 5.32 Å². The van der Waals surface area contributed by atoms with Crippen LogP contribution in [-0.2, 0) is 0 Å². The van der Waals surface area contributed by atoms with E-state index >= 15 is 0 Å². The van der Waals surface area contributed by atoms with Crippen molar-refractivity contribution < 1.29 is 19.0 Å². The monoisotopic (exact) mass is 390 g/mol. The second-order valence-electron chi connectivity index (χ2n) is 6.32. The number of benzene rings is 2. The van der Waals surface area contributed by atoms with E-state index in [-0.39, 0.29) is 24.4 Å². The summed E-state index contributed by atoms with van der Waals surface area (Å²) in [4.78, 5) is 15.1. The van der Waals surface area contributed by atoms with Crippen LogP contribution in [0.4, 0.5) is 0 Å². The fourth-order valence-electron chi connectivity index (χ4n) is 3.51. The van der Waals surface area contributed by atoms with Crippen molar-refractivity contribution in [3.8, 4) is 17.2 Å². The quantitative estimate of drug-likeness (QED) is 0.873. The van der Waals surface area contributed by atoms with Gasteiger partial charge in [-0.2, -0.15) is 0 Å². The van der Waals surface area contributed by atoms with Crippen molar-refractivity contribution in [1.82, 2.24) is 10.2 Å². The van der Waals surface area contributed by atoms with Crippen LogP contribution in [0.1, 0.15) is 22.0 Å². The Kier molecular flexibility index (Phi) is 6.08. The molecule has 2 aromatic carbocycles. The summed E-state index contributed by atoms with van der Waals surface area (Å²) < 4.78 is 16.7. The minimum atomic E-state index is -0.0828. The number of hydrogen-bond donors (Lipinski definition) is 1. The first-order valence-electron chi connectivity index (χ1n) is 8.82. The van der Waals surface area contributed by atoms with E-state index in [9.17, 15) is 4.79 Å². The summed E-state index contributed by atoms with van der Waals surface area (Å²) in [5, 5.41) is 3.38. The molecular formula is C20H23ClN2O4. The van der Waals surface area contributed by atoms with Gasteiger partial charge in [-0.05, 0) is 24.3 Å². The molecule has 1 saturated heterocycles. The van der Waals surface area contributed by atoms with Gasteiger partial charge in [0.15, 0.2) is 11.5 Å². The van der Waals surface area contributed by atoms with E-state index in [1.165, 1.54) is 0 Å². The Balaban J connectivity index is 0.00000210. The zero-order chi connectivity index (χ0) is 17.9. The molecule has 2 aliphatic heterocycles. The third-order valence-corrected chi connectivity index (χ3v) is 4.79. The molecule has 0 spiro atoms. The van der Waals surface area contributed by atoms with Crippen LogP contribution in [-0.4, -0.2) is 50.8 Å². The van der Waals surface area contributed by atoms with Crippen molar-refractivity contribution >= 4 is 18.3 Å². The minimum absolute atomic E-state index is 0. The predicted molar refractivity (Wildman–Crippen MR) is 104 cm³/mol. The predicted octanol–water partition coefficient (Wildman–Crippen LogP) is 2.67. The zero-order valence-electron chi connectivity index (χ0n) is 15.1. The second kappa shape index (κ2) is 8.50. The van der Waals surface area contributed by atoms with Gasteiger partial charge in [0.05, 0.1) is 13.2 Å². The van der Waals surface area contributed by atoms with Crippen molar-refractivity contribution in [2.45, 2.75) is 6.04 Å². The molecule has 4 rings (SSSR count). The molecule has 0 aromatic heterocycles. The Bertz CT molecular complexity index is 814. The maximum absolute atomic E-state index is 13.2. The van der Waals surface area contributed by atoms with Gasteiger partial charge < -0.3 is 24.4 Å². The molecule has 2 aliphatic rings. The van der Waals surface area contributed by atoms with Crippen LogP contribution in [0.15, 0.2) is 42.5 Å². The zero-order valence-corrected chi connectivity index (χ0v) is 16.0. The average molecular weight is 391 g/mol. The first-order valence-corrected chi connectivity index (χ1v) is 8.82. The molecule has 0 saturated carbocycles. The van der Waals surface area contributed by atoms with Crippen LogP contribution in [0.25, 0.3) is 0 Å². The molecule has 1 N–H and O–H groups in total. The van der Waals surface area contributed by atoms with Gasteiger partial charge >= 0.3 is 0 Å². The van der Waals surface area contributed by atoms with Crippen LogP contribution in [0.2, 0.25) is 0 Å². The summed E-state index contributed by atoms with van der Waals surface area (Å²) in [6.07, 6.45) is 0. The fourth-order valence-corrected chi connectivity index (χ4v) is 3.51. The van der Waals surface area contributed by atoms with Gasteiger partial charge in [0.2, 0.25) is 0 Å². The number of rotatable bonds is 3. The number of carbonyl (C=O) groups excluding carboxylic acids is 1. The first-order chi connectivity index (χ1) is 12.8. The van der Waals surface area contributed by atoms with Crippen molar-refractivity contribution in [1.29, 1.82) is 0 Å². The van der Waals surface area contributed by atoms with Gasteiger partial charge in [0, 0.05) is 30.8 Å². The number of amides is 1. The Hall–Kier alpha value is -2.44. The summed E-state index contributed by atoms with van der Waals surface area (Å²) in [7, 11) is 1.65. The molecule has 1 atom stereocenters. The molecule has 1 unspecified atom stereocenters. The van der Waals surface area contributed by atoms with E-state index in [1.807, 2.05) is 35.2 Å². The summed E-state index contributed by atoms with van der Waals surface area (Å²) in [6.45, 7) is 3.13. The third-order valence-electron chi connectivity index (χ3n) is 4.79. The standard InChI is InChI=1S/C20H22N2O4.ClH/c1-24-17-5-3-2-4-15(17)16-13-21-8-9-22(16)20(23)14-6-7-18-19(12-14)26-11-10-25-18;/h2-7,12,16,21H,8-11,13H2,1H3;1H. The highest BCUT2D eigenvalue weighted by Crippen LogP contribution is 2.34. The number of hydrogen-bond acceptors (Lipinski definition) is 5. The summed E-state index contributed by atoms with van der Waals surface area (Å²) >= 11 is 0. The molecule has 2 heterocycles. The van der Waals surface area contributed by atoms with Crippen molar-refractivity contribution in [3.63, 3.8) is 0 Å². The molecule has 0 bridgehead atoms. The fraction of sp³-hybridized carbons (Fsp3) is 0.350. The highest BCUT2D eigenvalue weighted by atomic mass is 35.5. The number of carbonyl (C=O) groups is 1. The van der Waals surface area contributed by atoms with Crippen LogP contribution in [0, 0.1) is 0 Å². The lowest BCUT2D eigenvalue weighted by atomic mass is 10.0. The highest BCUT2D eigenvalue weighted by Gasteiger charge is 2.31. The molecule has 2 aromatic rings. The lowest BCUT2D eigenvalue weighted by Crippen LogP contribution is -2.48. The Morgan fingerprint density at radius 1 is 1.15 bits per heavy atom. The van der Waals surface area contributed by atoms with Gasteiger partial charge in [-0.3, -0.25) is 4.79 Å². The Labute approximate surface area is 164 Å². The third kappa shape index (κ3) is 3.82. The van der Waals surface area contributed by atoms with E-state index in [0.29, 0.717) is 43.4 Å². The number of halogens is 1. The molecule has 1 amide bonds.